The summed E-state index contributed by atoms with van der Waals surface area (Å²) in [5, 5.41) is 14.3. The molecule has 0 bridgehead atoms. The highest BCUT2D eigenvalue weighted by molar-refractivity contribution is 6.33. The molecule has 136 valence electrons. The molecule has 1 saturated heterocycles. The second kappa shape index (κ2) is 8.11. The molecule has 0 unspecified atom stereocenters. The van der Waals surface area contributed by atoms with E-state index >= 15 is 0 Å². The first kappa shape index (κ1) is 18.1. The fourth-order valence-electron chi connectivity index (χ4n) is 2.65. The van der Waals surface area contributed by atoms with E-state index in [0.717, 1.165) is 0 Å². The summed E-state index contributed by atoms with van der Waals surface area (Å²) in [5.41, 5.74) is 0.937. The molecule has 1 aliphatic heterocycles. The predicted octanol–water partition coefficient (Wildman–Crippen LogP) is 2.73. The van der Waals surface area contributed by atoms with Gasteiger partial charge in [0.15, 0.2) is 0 Å². The van der Waals surface area contributed by atoms with Gasteiger partial charge in [-0.3, -0.25) is 14.9 Å². The van der Waals surface area contributed by atoms with Crippen molar-refractivity contribution in [2.75, 3.05) is 31.6 Å². The van der Waals surface area contributed by atoms with Crippen LogP contribution < -0.4 is 5.32 Å². The Hall–Kier alpha value is -2.71. The molecule has 1 aliphatic rings. The molecule has 1 fully saturated rings. The molecular weight excluding hydrogens is 360 g/mol. The third-order valence-corrected chi connectivity index (χ3v) is 4.31. The number of nitro groups is 1. The van der Waals surface area contributed by atoms with Crippen molar-refractivity contribution in [2.45, 2.75) is 6.54 Å². The monoisotopic (exact) mass is 376 g/mol. The van der Waals surface area contributed by atoms with Crippen LogP contribution in [0.3, 0.4) is 0 Å². The number of anilines is 1. The van der Waals surface area contributed by atoms with Crippen molar-refractivity contribution in [3.8, 4) is 0 Å². The van der Waals surface area contributed by atoms with E-state index in [-0.39, 0.29) is 23.2 Å². The lowest BCUT2D eigenvalue weighted by Gasteiger charge is -2.26. The molecule has 0 saturated carbocycles. The molecule has 0 radical (unpaired) electrons. The molecule has 9 heteroatoms. The number of hydrogen-bond donors (Lipinski definition) is 1. The number of amides is 1. The average molecular weight is 377 g/mol. The summed E-state index contributed by atoms with van der Waals surface area (Å²) in [6.07, 6.45) is 1.45. The van der Waals surface area contributed by atoms with Crippen molar-refractivity contribution in [3.05, 3.63) is 62.8 Å². The number of carbonyl (C=O) groups is 1. The highest BCUT2D eigenvalue weighted by atomic mass is 35.5. The quantitative estimate of drug-likeness (QED) is 0.636. The first-order valence-electron chi connectivity index (χ1n) is 8.05. The molecule has 1 amide bonds. The largest absolute Gasteiger partial charge is 0.378 e. The maximum absolute atomic E-state index is 12.4. The number of halogens is 1. The summed E-state index contributed by atoms with van der Waals surface area (Å²) in [6.45, 7) is 2.30. The van der Waals surface area contributed by atoms with Gasteiger partial charge >= 0.3 is 0 Å². The van der Waals surface area contributed by atoms with Crippen molar-refractivity contribution in [3.63, 3.8) is 0 Å². The molecule has 2 aromatic rings. The second-order valence-electron chi connectivity index (χ2n) is 5.70. The molecule has 3 rings (SSSR count). The van der Waals surface area contributed by atoms with Crippen molar-refractivity contribution < 1.29 is 14.5 Å². The van der Waals surface area contributed by atoms with E-state index < -0.39 is 4.92 Å². The van der Waals surface area contributed by atoms with Gasteiger partial charge in [0.05, 0.1) is 28.7 Å². The van der Waals surface area contributed by atoms with E-state index in [0.29, 0.717) is 43.2 Å². The first-order valence-corrected chi connectivity index (χ1v) is 8.43. The van der Waals surface area contributed by atoms with Crippen LogP contribution in [0.2, 0.25) is 5.02 Å². The highest BCUT2D eigenvalue weighted by Gasteiger charge is 2.20. The van der Waals surface area contributed by atoms with Crippen molar-refractivity contribution in [1.29, 1.82) is 0 Å². The van der Waals surface area contributed by atoms with Crippen molar-refractivity contribution in [1.82, 2.24) is 9.88 Å². The number of rotatable bonds is 5. The standard InChI is InChI=1S/C17H17ClN4O4/c18-14-9-13(17(23)21-5-7-26-8-6-21)11-20-16(14)19-10-12-3-1-2-4-15(12)22(24)25/h1-4,9,11H,5-8,10H2,(H,19,20). The Morgan fingerprint density at radius 1 is 1.35 bits per heavy atom. The van der Waals surface area contributed by atoms with Crippen LogP contribution in [-0.4, -0.2) is 47.0 Å². The van der Waals surface area contributed by atoms with Gasteiger partial charge in [0.2, 0.25) is 0 Å². The maximum atomic E-state index is 12.4. The Bertz CT molecular complexity index is 824. The number of pyridine rings is 1. The number of para-hydroxylation sites is 1. The first-order chi connectivity index (χ1) is 12.6. The van der Waals surface area contributed by atoms with Gasteiger partial charge in [0, 0.05) is 37.5 Å². The zero-order valence-electron chi connectivity index (χ0n) is 13.9. The number of morpholine rings is 1. The molecule has 1 aromatic carbocycles. The van der Waals surface area contributed by atoms with Gasteiger partial charge in [-0.05, 0) is 6.07 Å². The number of hydrogen-bond acceptors (Lipinski definition) is 6. The summed E-state index contributed by atoms with van der Waals surface area (Å²) in [7, 11) is 0. The smallest absolute Gasteiger partial charge is 0.274 e. The summed E-state index contributed by atoms with van der Waals surface area (Å²) >= 11 is 6.23. The zero-order valence-corrected chi connectivity index (χ0v) is 14.6. The van der Waals surface area contributed by atoms with Crippen LogP contribution in [0.15, 0.2) is 36.5 Å². The highest BCUT2D eigenvalue weighted by Crippen LogP contribution is 2.24. The van der Waals surface area contributed by atoms with E-state index in [9.17, 15) is 14.9 Å². The number of nitrogens with zero attached hydrogens (tertiary/aromatic N) is 3. The molecule has 2 heterocycles. The zero-order chi connectivity index (χ0) is 18.5. The Kier molecular flexibility index (Phi) is 5.65. The lowest BCUT2D eigenvalue weighted by Crippen LogP contribution is -2.40. The molecule has 0 aliphatic carbocycles. The normalized spacial score (nSPS) is 14.1. The Morgan fingerprint density at radius 2 is 2.08 bits per heavy atom. The number of aromatic nitrogens is 1. The van der Waals surface area contributed by atoms with Crippen LogP contribution in [0, 0.1) is 10.1 Å². The van der Waals surface area contributed by atoms with Crippen LogP contribution in [-0.2, 0) is 11.3 Å². The number of nitro benzene ring substituents is 1. The van der Waals surface area contributed by atoms with E-state index in [2.05, 4.69) is 10.3 Å². The minimum Gasteiger partial charge on any atom is -0.378 e. The van der Waals surface area contributed by atoms with E-state index in [1.54, 1.807) is 29.2 Å². The van der Waals surface area contributed by atoms with Crippen LogP contribution in [0.1, 0.15) is 15.9 Å². The lowest BCUT2D eigenvalue weighted by atomic mass is 10.2. The lowest BCUT2D eigenvalue weighted by molar-refractivity contribution is -0.385. The topological polar surface area (TPSA) is 97.6 Å². The molecule has 1 aromatic heterocycles. The number of ether oxygens (including phenoxy) is 1. The van der Waals surface area contributed by atoms with Gasteiger partial charge < -0.3 is 15.0 Å². The predicted molar refractivity (Wildman–Crippen MR) is 96.4 cm³/mol. The van der Waals surface area contributed by atoms with Gasteiger partial charge in [-0.25, -0.2) is 4.98 Å². The summed E-state index contributed by atoms with van der Waals surface area (Å²) in [6, 6.07) is 7.99. The Labute approximate surface area is 154 Å². The van der Waals surface area contributed by atoms with E-state index in [1.807, 2.05) is 0 Å². The summed E-state index contributed by atoms with van der Waals surface area (Å²) in [4.78, 5) is 28.9. The number of carbonyl (C=O) groups excluding carboxylic acids is 1. The maximum Gasteiger partial charge on any atom is 0.274 e. The Morgan fingerprint density at radius 3 is 2.77 bits per heavy atom. The van der Waals surface area contributed by atoms with Crippen LogP contribution in [0.4, 0.5) is 11.5 Å². The van der Waals surface area contributed by atoms with Gasteiger partial charge in [-0.15, -0.1) is 0 Å². The van der Waals surface area contributed by atoms with Crippen LogP contribution in [0.5, 0.6) is 0 Å². The fraction of sp³-hybridized carbons (Fsp3) is 0.294. The third kappa shape index (κ3) is 4.09. The Balaban J connectivity index is 1.70. The molecule has 0 atom stereocenters. The minimum absolute atomic E-state index is 0.0234. The van der Waals surface area contributed by atoms with Gasteiger partial charge in [-0.2, -0.15) is 0 Å². The summed E-state index contributed by atoms with van der Waals surface area (Å²) in [5.74, 6) is 0.219. The number of benzene rings is 1. The minimum atomic E-state index is -0.434. The molecule has 0 spiro atoms. The van der Waals surface area contributed by atoms with E-state index in [1.165, 1.54) is 12.3 Å². The average Bonchev–Trinajstić information content (AvgIpc) is 2.67. The summed E-state index contributed by atoms with van der Waals surface area (Å²) < 4.78 is 5.24. The molecule has 8 nitrogen and oxygen atoms in total. The van der Waals surface area contributed by atoms with Gasteiger partial charge in [0.1, 0.15) is 5.82 Å². The van der Waals surface area contributed by atoms with Crippen molar-refractivity contribution in [2.24, 2.45) is 0 Å². The molecular formula is C17H17ClN4O4. The third-order valence-electron chi connectivity index (χ3n) is 4.02. The fourth-order valence-corrected chi connectivity index (χ4v) is 2.88. The number of nitrogens with one attached hydrogen (secondary N) is 1. The molecule has 1 N–H and O–H groups in total. The van der Waals surface area contributed by atoms with Crippen LogP contribution >= 0.6 is 11.6 Å². The van der Waals surface area contributed by atoms with Gasteiger partial charge in [0.25, 0.3) is 11.6 Å². The van der Waals surface area contributed by atoms with Crippen LogP contribution in [0.25, 0.3) is 0 Å². The second-order valence-corrected chi connectivity index (χ2v) is 6.11. The SMILES string of the molecule is O=C(c1cnc(NCc2ccccc2[N+](=O)[O-])c(Cl)c1)N1CCOCC1. The molecule has 26 heavy (non-hydrogen) atoms. The van der Waals surface area contributed by atoms with Gasteiger partial charge in [-0.1, -0.05) is 29.8 Å². The van der Waals surface area contributed by atoms with E-state index in [4.69, 9.17) is 16.3 Å². The van der Waals surface area contributed by atoms with Crippen molar-refractivity contribution >= 4 is 29.0 Å².